The Kier molecular flexibility index (Phi) is 4.65. The van der Waals surface area contributed by atoms with E-state index in [1.54, 1.807) is 0 Å². The van der Waals surface area contributed by atoms with Gasteiger partial charge in [-0.05, 0) is 55.0 Å². The quantitative estimate of drug-likeness (QED) is 0.857. The van der Waals surface area contributed by atoms with Crippen LogP contribution >= 0.6 is 15.9 Å². The van der Waals surface area contributed by atoms with Gasteiger partial charge in [-0.2, -0.15) is 0 Å². The number of hydrogen-bond donors (Lipinski definition) is 1. The van der Waals surface area contributed by atoms with Crippen LogP contribution in [0.15, 0.2) is 16.6 Å². The van der Waals surface area contributed by atoms with Crippen molar-refractivity contribution in [1.82, 2.24) is 9.80 Å². The van der Waals surface area contributed by atoms with Crippen molar-refractivity contribution in [2.24, 2.45) is 0 Å². The predicted molar refractivity (Wildman–Crippen MR) is 81.1 cm³/mol. The molecule has 0 aromatic heterocycles. The van der Waals surface area contributed by atoms with Crippen molar-refractivity contribution < 1.29 is 9.18 Å². The number of carbonyl (C=O) groups is 1. The number of nitrogens with zero attached hydrogens (tertiary/aromatic N) is 2. The molecule has 2 N–H and O–H groups in total. The molecule has 1 amide bonds. The first-order chi connectivity index (χ1) is 9.40. The number of anilines is 1. The first kappa shape index (κ1) is 15.3. The number of likely N-dealkylation sites (tertiary alicyclic amines) is 1. The number of benzene rings is 1. The van der Waals surface area contributed by atoms with E-state index in [2.05, 4.69) is 20.8 Å². The Labute approximate surface area is 126 Å². The average molecular weight is 344 g/mol. The molecule has 0 spiro atoms. The maximum Gasteiger partial charge on any atom is 0.255 e. The summed E-state index contributed by atoms with van der Waals surface area (Å²) in [6, 6.07) is 2.86. The third-order valence-electron chi connectivity index (χ3n) is 3.53. The van der Waals surface area contributed by atoms with Crippen LogP contribution in [0.5, 0.6) is 0 Å². The van der Waals surface area contributed by atoms with Gasteiger partial charge in [0.15, 0.2) is 0 Å². The Morgan fingerprint density at radius 3 is 2.90 bits per heavy atom. The Morgan fingerprint density at radius 2 is 2.25 bits per heavy atom. The maximum atomic E-state index is 13.4. The van der Waals surface area contributed by atoms with Crippen LogP contribution in [0.2, 0.25) is 0 Å². The van der Waals surface area contributed by atoms with Crippen LogP contribution in [-0.2, 0) is 0 Å². The summed E-state index contributed by atoms with van der Waals surface area (Å²) in [7, 11) is 3.99. The molecule has 20 heavy (non-hydrogen) atoms. The van der Waals surface area contributed by atoms with Gasteiger partial charge in [0, 0.05) is 23.6 Å². The fourth-order valence-corrected chi connectivity index (χ4v) is 3.08. The molecule has 110 valence electrons. The van der Waals surface area contributed by atoms with Gasteiger partial charge >= 0.3 is 0 Å². The fourth-order valence-electron chi connectivity index (χ4n) is 2.60. The van der Waals surface area contributed by atoms with Gasteiger partial charge in [-0.1, -0.05) is 0 Å². The third-order valence-corrected chi connectivity index (χ3v) is 4.19. The molecular weight excluding hydrogens is 325 g/mol. The van der Waals surface area contributed by atoms with Crippen molar-refractivity contribution in [2.75, 3.05) is 32.9 Å². The number of nitrogen functional groups attached to an aromatic ring is 1. The molecule has 1 atom stereocenters. The minimum Gasteiger partial charge on any atom is -0.396 e. The Balaban J connectivity index is 2.24. The summed E-state index contributed by atoms with van der Waals surface area (Å²) in [5.74, 6) is -0.604. The second-order valence-electron chi connectivity index (χ2n) is 5.41. The molecule has 0 bridgehead atoms. The Bertz CT molecular complexity index is 521. The minimum absolute atomic E-state index is 0.0000866. The maximum absolute atomic E-state index is 13.4. The molecule has 1 aliphatic heterocycles. The van der Waals surface area contributed by atoms with Crippen molar-refractivity contribution >= 4 is 27.5 Å². The fraction of sp³-hybridized carbons (Fsp3) is 0.500. The molecule has 1 unspecified atom stereocenters. The van der Waals surface area contributed by atoms with Crippen LogP contribution in [-0.4, -0.2) is 48.9 Å². The molecule has 1 heterocycles. The van der Waals surface area contributed by atoms with Crippen molar-refractivity contribution in [2.45, 2.75) is 18.9 Å². The van der Waals surface area contributed by atoms with Crippen molar-refractivity contribution in [3.8, 4) is 0 Å². The second kappa shape index (κ2) is 6.10. The first-order valence-electron chi connectivity index (χ1n) is 6.60. The Morgan fingerprint density at radius 1 is 1.55 bits per heavy atom. The van der Waals surface area contributed by atoms with E-state index in [1.165, 1.54) is 12.1 Å². The number of likely N-dealkylation sites (N-methyl/N-ethyl adjacent to an activating group) is 1. The van der Waals surface area contributed by atoms with Crippen LogP contribution in [0.1, 0.15) is 23.2 Å². The molecule has 2 rings (SSSR count). The normalized spacial score (nSPS) is 18.9. The highest BCUT2D eigenvalue weighted by Gasteiger charge is 2.30. The van der Waals surface area contributed by atoms with Crippen LogP contribution in [0.25, 0.3) is 0 Å². The lowest BCUT2D eigenvalue weighted by molar-refractivity contribution is 0.0715. The summed E-state index contributed by atoms with van der Waals surface area (Å²) >= 11 is 3.25. The molecule has 1 aromatic rings. The first-order valence-corrected chi connectivity index (χ1v) is 7.39. The van der Waals surface area contributed by atoms with Gasteiger partial charge in [-0.3, -0.25) is 4.79 Å². The second-order valence-corrected chi connectivity index (χ2v) is 6.26. The summed E-state index contributed by atoms with van der Waals surface area (Å²) in [5, 5.41) is 0. The summed E-state index contributed by atoms with van der Waals surface area (Å²) in [4.78, 5) is 16.6. The van der Waals surface area contributed by atoms with Gasteiger partial charge in [-0.15, -0.1) is 0 Å². The molecule has 6 heteroatoms. The highest BCUT2D eigenvalue weighted by atomic mass is 79.9. The van der Waals surface area contributed by atoms with Crippen LogP contribution in [0.4, 0.5) is 10.1 Å². The lowest BCUT2D eigenvalue weighted by atomic mass is 10.1. The van der Waals surface area contributed by atoms with Gasteiger partial charge in [0.2, 0.25) is 0 Å². The summed E-state index contributed by atoms with van der Waals surface area (Å²) in [5.41, 5.74) is 5.99. The molecule has 0 aliphatic carbocycles. The monoisotopic (exact) mass is 343 g/mol. The topological polar surface area (TPSA) is 49.6 Å². The molecule has 1 saturated heterocycles. The van der Waals surface area contributed by atoms with E-state index in [0.29, 0.717) is 10.0 Å². The molecular formula is C14H19BrFN3O. The Hall–Kier alpha value is -1.14. The van der Waals surface area contributed by atoms with Gasteiger partial charge in [0.25, 0.3) is 5.91 Å². The summed E-state index contributed by atoms with van der Waals surface area (Å²) in [6.45, 7) is 1.57. The van der Waals surface area contributed by atoms with E-state index in [9.17, 15) is 9.18 Å². The highest BCUT2D eigenvalue weighted by molar-refractivity contribution is 9.10. The van der Waals surface area contributed by atoms with E-state index in [1.807, 2.05) is 19.0 Å². The standard InChI is InChI=1S/C14H19BrFN3O/c1-18(2)8-9-4-3-5-19(9)14(20)10-6-13(17)12(16)7-11(10)15/h6-7,9H,3-5,8,17H2,1-2H3. The van der Waals surface area contributed by atoms with Crippen LogP contribution in [0, 0.1) is 5.82 Å². The number of halogens is 2. The lowest BCUT2D eigenvalue weighted by Gasteiger charge is -2.27. The molecule has 1 aliphatic rings. The molecule has 1 fully saturated rings. The smallest absolute Gasteiger partial charge is 0.255 e. The van der Waals surface area contributed by atoms with Crippen LogP contribution < -0.4 is 5.73 Å². The van der Waals surface area contributed by atoms with Crippen molar-refractivity contribution in [1.29, 1.82) is 0 Å². The minimum atomic E-state index is -0.514. The number of nitrogens with two attached hydrogens (primary N) is 1. The zero-order chi connectivity index (χ0) is 14.9. The van der Waals surface area contributed by atoms with E-state index in [4.69, 9.17) is 5.73 Å². The van der Waals surface area contributed by atoms with E-state index in [0.717, 1.165) is 25.9 Å². The average Bonchev–Trinajstić information content (AvgIpc) is 2.80. The predicted octanol–water partition coefficient (Wildman–Crippen LogP) is 2.34. The number of carbonyl (C=O) groups excluding carboxylic acids is 1. The molecule has 4 nitrogen and oxygen atoms in total. The summed E-state index contributed by atoms with van der Waals surface area (Å²) < 4.78 is 13.8. The van der Waals surface area contributed by atoms with Crippen molar-refractivity contribution in [3.63, 3.8) is 0 Å². The zero-order valence-electron chi connectivity index (χ0n) is 11.7. The van der Waals surface area contributed by atoms with Gasteiger partial charge < -0.3 is 15.5 Å². The number of hydrogen-bond acceptors (Lipinski definition) is 3. The lowest BCUT2D eigenvalue weighted by Crippen LogP contribution is -2.41. The van der Waals surface area contributed by atoms with Gasteiger partial charge in [0.05, 0.1) is 11.3 Å². The van der Waals surface area contributed by atoms with E-state index < -0.39 is 5.82 Å². The molecule has 1 aromatic carbocycles. The zero-order valence-corrected chi connectivity index (χ0v) is 13.3. The van der Waals surface area contributed by atoms with E-state index >= 15 is 0 Å². The van der Waals surface area contributed by atoms with Crippen molar-refractivity contribution in [3.05, 3.63) is 28.0 Å². The largest absolute Gasteiger partial charge is 0.396 e. The summed E-state index contributed by atoms with van der Waals surface area (Å²) in [6.07, 6.45) is 2.00. The van der Waals surface area contributed by atoms with Gasteiger partial charge in [0.1, 0.15) is 5.82 Å². The third kappa shape index (κ3) is 3.12. The number of amides is 1. The SMILES string of the molecule is CN(C)CC1CCCN1C(=O)c1cc(N)c(F)cc1Br. The van der Waals surface area contributed by atoms with E-state index in [-0.39, 0.29) is 17.6 Å². The molecule has 0 radical (unpaired) electrons. The molecule has 0 saturated carbocycles. The number of rotatable bonds is 3. The van der Waals surface area contributed by atoms with Crippen LogP contribution in [0.3, 0.4) is 0 Å². The van der Waals surface area contributed by atoms with Gasteiger partial charge in [-0.25, -0.2) is 4.39 Å². The highest BCUT2D eigenvalue weighted by Crippen LogP contribution is 2.27.